The van der Waals surface area contributed by atoms with E-state index < -0.39 is 0 Å². The van der Waals surface area contributed by atoms with Crippen LogP contribution >= 0.6 is 0 Å². The molecular weight excluding hydrogens is 162 g/mol. The topological polar surface area (TPSA) is 35.2 Å². The Labute approximate surface area is 82.8 Å². The maximum atomic E-state index is 5.49. The summed E-state index contributed by atoms with van der Waals surface area (Å²) in [7, 11) is 1.78. The Morgan fingerprint density at radius 3 is 2.38 bits per heavy atom. The maximum Gasteiger partial charge on any atom is 0.0622 e. The molecule has 0 saturated carbocycles. The van der Waals surface area contributed by atoms with Gasteiger partial charge in [-0.3, -0.25) is 0 Å². The summed E-state index contributed by atoms with van der Waals surface area (Å²) in [5, 5.41) is 0. The summed E-state index contributed by atoms with van der Waals surface area (Å²) in [5.41, 5.74) is 5.53. The van der Waals surface area contributed by atoms with E-state index in [1.165, 1.54) is 12.8 Å². The van der Waals surface area contributed by atoms with E-state index >= 15 is 0 Å². The number of rotatable bonds is 7. The Hall–Kier alpha value is -0.0800. The highest BCUT2D eigenvalue weighted by Crippen LogP contribution is 2.19. The third kappa shape index (κ3) is 7.03. The van der Waals surface area contributed by atoms with Crippen molar-refractivity contribution in [2.75, 3.05) is 13.7 Å². The van der Waals surface area contributed by atoms with Crippen LogP contribution in [0.2, 0.25) is 0 Å². The van der Waals surface area contributed by atoms with Crippen molar-refractivity contribution < 1.29 is 4.74 Å². The summed E-state index contributed by atoms with van der Waals surface area (Å²) in [6.07, 6.45) is 4.79. The van der Waals surface area contributed by atoms with Crippen molar-refractivity contribution in [2.24, 2.45) is 11.7 Å². The Bertz CT molecular complexity index is 123. The zero-order chi connectivity index (χ0) is 10.3. The van der Waals surface area contributed by atoms with E-state index in [4.69, 9.17) is 10.5 Å². The molecule has 2 nitrogen and oxygen atoms in total. The molecule has 0 aromatic heterocycles. The van der Waals surface area contributed by atoms with Crippen molar-refractivity contribution >= 4 is 0 Å². The first-order valence-electron chi connectivity index (χ1n) is 5.27. The first-order valence-corrected chi connectivity index (χ1v) is 5.27. The molecule has 0 heterocycles. The van der Waals surface area contributed by atoms with Crippen LogP contribution in [-0.2, 0) is 4.74 Å². The monoisotopic (exact) mass is 187 g/mol. The molecule has 13 heavy (non-hydrogen) atoms. The second-order valence-electron chi connectivity index (χ2n) is 4.54. The Balaban J connectivity index is 3.44. The molecule has 0 bridgehead atoms. The molecule has 0 radical (unpaired) electrons. The minimum Gasteiger partial charge on any atom is -0.379 e. The molecule has 0 aliphatic rings. The van der Waals surface area contributed by atoms with Gasteiger partial charge in [-0.1, -0.05) is 19.8 Å². The molecular formula is C11H25NO. The Kier molecular flexibility index (Phi) is 6.35. The van der Waals surface area contributed by atoms with Crippen LogP contribution in [0.4, 0.5) is 0 Å². The molecule has 0 aliphatic carbocycles. The SMILES string of the molecule is COC(C)(C)CCC[C@@H](C)CCN. The predicted molar refractivity (Wildman–Crippen MR) is 57.8 cm³/mol. The van der Waals surface area contributed by atoms with E-state index in [1.807, 2.05) is 0 Å². The minimum atomic E-state index is 0.0441. The molecule has 0 aromatic rings. The van der Waals surface area contributed by atoms with Gasteiger partial charge >= 0.3 is 0 Å². The highest BCUT2D eigenvalue weighted by molar-refractivity contribution is 4.68. The van der Waals surface area contributed by atoms with Gasteiger partial charge in [0.15, 0.2) is 0 Å². The average molecular weight is 187 g/mol. The third-order valence-electron chi connectivity index (χ3n) is 2.69. The molecule has 1 atom stereocenters. The van der Waals surface area contributed by atoms with Crippen molar-refractivity contribution in [3.05, 3.63) is 0 Å². The Morgan fingerprint density at radius 2 is 1.92 bits per heavy atom. The van der Waals surface area contributed by atoms with E-state index in [9.17, 15) is 0 Å². The molecule has 0 aromatic carbocycles. The summed E-state index contributed by atoms with van der Waals surface area (Å²) in [5.74, 6) is 0.762. The van der Waals surface area contributed by atoms with Crippen LogP contribution in [0.5, 0.6) is 0 Å². The second kappa shape index (κ2) is 6.39. The molecule has 0 aliphatic heterocycles. The summed E-state index contributed by atoms with van der Waals surface area (Å²) in [6.45, 7) is 7.36. The smallest absolute Gasteiger partial charge is 0.0622 e. The van der Waals surface area contributed by atoms with Crippen LogP contribution in [0.25, 0.3) is 0 Å². The number of ether oxygens (including phenoxy) is 1. The van der Waals surface area contributed by atoms with Crippen molar-refractivity contribution in [2.45, 2.75) is 52.1 Å². The second-order valence-corrected chi connectivity index (χ2v) is 4.54. The molecule has 0 rings (SSSR count). The molecule has 0 spiro atoms. The molecule has 0 unspecified atom stereocenters. The van der Waals surface area contributed by atoms with Gasteiger partial charge < -0.3 is 10.5 Å². The van der Waals surface area contributed by atoms with Gasteiger partial charge in [0, 0.05) is 7.11 Å². The highest BCUT2D eigenvalue weighted by atomic mass is 16.5. The van der Waals surface area contributed by atoms with Gasteiger partial charge in [0.1, 0.15) is 0 Å². The molecule has 2 N–H and O–H groups in total. The van der Waals surface area contributed by atoms with E-state index in [0.29, 0.717) is 0 Å². The first-order chi connectivity index (χ1) is 6.02. The third-order valence-corrected chi connectivity index (χ3v) is 2.69. The van der Waals surface area contributed by atoms with Gasteiger partial charge in [0.2, 0.25) is 0 Å². The maximum absolute atomic E-state index is 5.49. The van der Waals surface area contributed by atoms with Gasteiger partial charge in [0.05, 0.1) is 5.60 Å². The largest absolute Gasteiger partial charge is 0.379 e. The summed E-state index contributed by atoms with van der Waals surface area (Å²) in [6, 6.07) is 0. The average Bonchev–Trinajstić information content (AvgIpc) is 2.05. The molecule has 0 saturated heterocycles. The van der Waals surface area contributed by atoms with Gasteiger partial charge in [0.25, 0.3) is 0 Å². The summed E-state index contributed by atoms with van der Waals surface area (Å²) < 4.78 is 5.35. The van der Waals surface area contributed by atoms with E-state index in [1.54, 1.807) is 7.11 Å². The van der Waals surface area contributed by atoms with Gasteiger partial charge in [-0.2, -0.15) is 0 Å². The van der Waals surface area contributed by atoms with Gasteiger partial charge in [-0.25, -0.2) is 0 Å². The van der Waals surface area contributed by atoms with Crippen molar-refractivity contribution in [1.29, 1.82) is 0 Å². The zero-order valence-electron chi connectivity index (χ0n) is 9.60. The molecule has 2 heteroatoms. The fourth-order valence-electron chi connectivity index (χ4n) is 1.41. The van der Waals surface area contributed by atoms with Crippen LogP contribution in [0, 0.1) is 5.92 Å². The predicted octanol–water partition coefficient (Wildman–Crippen LogP) is 2.57. The van der Waals surface area contributed by atoms with E-state index in [0.717, 1.165) is 25.3 Å². The summed E-state index contributed by atoms with van der Waals surface area (Å²) in [4.78, 5) is 0. The van der Waals surface area contributed by atoms with Crippen LogP contribution in [0.3, 0.4) is 0 Å². The van der Waals surface area contributed by atoms with Crippen LogP contribution in [0.15, 0.2) is 0 Å². The highest BCUT2D eigenvalue weighted by Gasteiger charge is 2.15. The number of nitrogens with two attached hydrogens (primary N) is 1. The lowest BCUT2D eigenvalue weighted by atomic mass is 9.95. The molecule has 80 valence electrons. The van der Waals surface area contributed by atoms with Crippen LogP contribution in [0.1, 0.15) is 46.5 Å². The fourth-order valence-corrected chi connectivity index (χ4v) is 1.41. The molecule has 0 amide bonds. The van der Waals surface area contributed by atoms with Crippen molar-refractivity contribution in [3.63, 3.8) is 0 Å². The standard InChI is InChI=1S/C11H25NO/c1-10(7-9-12)6-5-8-11(2,3)13-4/h10H,5-9,12H2,1-4H3/t10-/m1/s1. The normalized spacial score (nSPS) is 14.5. The van der Waals surface area contributed by atoms with E-state index in [-0.39, 0.29) is 5.60 Å². The lowest BCUT2D eigenvalue weighted by Crippen LogP contribution is -2.22. The number of methoxy groups -OCH3 is 1. The van der Waals surface area contributed by atoms with Gasteiger partial charge in [-0.15, -0.1) is 0 Å². The Morgan fingerprint density at radius 1 is 1.31 bits per heavy atom. The zero-order valence-corrected chi connectivity index (χ0v) is 9.60. The summed E-state index contributed by atoms with van der Waals surface area (Å²) >= 11 is 0. The fraction of sp³-hybridized carbons (Fsp3) is 1.00. The lowest BCUT2D eigenvalue weighted by molar-refractivity contribution is 0.0127. The van der Waals surface area contributed by atoms with Gasteiger partial charge in [-0.05, 0) is 39.2 Å². The van der Waals surface area contributed by atoms with E-state index in [2.05, 4.69) is 20.8 Å². The van der Waals surface area contributed by atoms with Crippen molar-refractivity contribution in [1.82, 2.24) is 0 Å². The van der Waals surface area contributed by atoms with Crippen LogP contribution < -0.4 is 5.73 Å². The molecule has 0 fully saturated rings. The minimum absolute atomic E-state index is 0.0441. The number of hydrogen-bond acceptors (Lipinski definition) is 2. The van der Waals surface area contributed by atoms with Crippen LogP contribution in [-0.4, -0.2) is 19.3 Å². The quantitative estimate of drug-likeness (QED) is 0.665. The number of hydrogen-bond donors (Lipinski definition) is 1. The lowest BCUT2D eigenvalue weighted by Gasteiger charge is -2.23. The van der Waals surface area contributed by atoms with Crippen molar-refractivity contribution in [3.8, 4) is 0 Å². The first kappa shape index (κ1) is 12.9.